The molecule has 0 aromatic carbocycles. The number of hydrogen-bond donors (Lipinski definition) is 2. The number of nitrogen functional groups attached to an aromatic ring is 1. The van der Waals surface area contributed by atoms with E-state index in [1.807, 2.05) is 6.92 Å². The van der Waals surface area contributed by atoms with Gasteiger partial charge in [0, 0.05) is 12.1 Å². The van der Waals surface area contributed by atoms with Crippen LogP contribution in [0.5, 0.6) is 0 Å². The molecule has 26 heavy (non-hydrogen) atoms. The van der Waals surface area contributed by atoms with Gasteiger partial charge in [-0.1, -0.05) is 26.2 Å². The topological polar surface area (TPSA) is 117 Å². The second kappa shape index (κ2) is 7.36. The number of ether oxygens (including phenoxy) is 2. The maximum absolute atomic E-state index is 12.8. The van der Waals surface area contributed by atoms with Gasteiger partial charge in [0.1, 0.15) is 5.82 Å². The van der Waals surface area contributed by atoms with Gasteiger partial charge in [0.05, 0.1) is 18.6 Å². The molecule has 1 saturated heterocycles. The summed E-state index contributed by atoms with van der Waals surface area (Å²) in [5, 5.41) is 9.64. The third kappa shape index (κ3) is 3.35. The lowest BCUT2D eigenvalue weighted by Crippen LogP contribution is -2.46. The Bertz CT molecular complexity index is 715. The van der Waals surface area contributed by atoms with Crippen molar-refractivity contribution < 1.29 is 19.4 Å². The molecule has 1 aliphatic heterocycles. The van der Waals surface area contributed by atoms with Gasteiger partial charge in [0.25, 0.3) is 0 Å². The summed E-state index contributed by atoms with van der Waals surface area (Å²) in [6, 6.07) is 1.49. The third-order valence-electron chi connectivity index (χ3n) is 5.80. The average molecular weight is 365 g/mol. The Morgan fingerprint density at radius 1 is 1.46 bits per heavy atom. The van der Waals surface area contributed by atoms with E-state index in [4.69, 9.17) is 15.2 Å². The molecule has 1 aromatic heterocycles. The molecule has 2 fully saturated rings. The predicted molar refractivity (Wildman–Crippen MR) is 94.1 cm³/mol. The Labute approximate surface area is 152 Å². The van der Waals surface area contributed by atoms with Crippen LogP contribution in [-0.4, -0.2) is 38.9 Å². The number of aliphatic hydroxyl groups excluding tert-OH is 1. The van der Waals surface area contributed by atoms with Crippen LogP contribution >= 0.6 is 0 Å². The monoisotopic (exact) mass is 365 g/mol. The second-order valence-corrected chi connectivity index (χ2v) is 7.48. The van der Waals surface area contributed by atoms with Crippen LogP contribution < -0.4 is 11.4 Å². The Morgan fingerprint density at radius 2 is 2.15 bits per heavy atom. The zero-order valence-electron chi connectivity index (χ0n) is 15.3. The van der Waals surface area contributed by atoms with Crippen LogP contribution in [0.25, 0.3) is 0 Å². The number of nitrogens with zero attached hydrogens (tertiary/aromatic N) is 2. The van der Waals surface area contributed by atoms with Gasteiger partial charge >= 0.3 is 11.7 Å². The number of aromatic nitrogens is 2. The SMILES string of the molecule is CC1C(CO)OC(n2ccc(N)nc2=O)C1(C)OC(=O)C1CCCCC1. The van der Waals surface area contributed by atoms with Gasteiger partial charge in [0.2, 0.25) is 0 Å². The molecule has 1 aliphatic carbocycles. The van der Waals surface area contributed by atoms with Gasteiger partial charge in [-0.15, -0.1) is 0 Å². The molecule has 8 heteroatoms. The van der Waals surface area contributed by atoms with Gasteiger partial charge in [0.15, 0.2) is 11.8 Å². The molecule has 144 valence electrons. The molecule has 1 saturated carbocycles. The van der Waals surface area contributed by atoms with Gasteiger partial charge in [-0.2, -0.15) is 4.98 Å². The highest BCUT2D eigenvalue weighted by molar-refractivity contribution is 5.73. The molecular weight excluding hydrogens is 338 g/mol. The van der Waals surface area contributed by atoms with Crippen molar-refractivity contribution in [3.05, 3.63) is 22.7 Å². The fourth-order valence-corrected chi connectivity index (χ4v) is 3.94. The summed E-state index contributed by atoms with van der Waals surface area (Å²) >= 11 is 0. The van der Waals surface area contributed by atoms with Crippen molar-refractivity contribution in [3.63, 3.8) is 0 Å². The van der Waals surface area contributed by atoms with E-state index in [9.17, 15) is 14.7 Å². The molecule has 4 atom stereocenters. The van der Waals surface area contributed by atoms with Crippen LogP contribution in [0, 0.1) is 11.8 Å². The van der Waals surface area contributed by atoms with Crippen molar-refractivity contribution >= 4 is 11.8 Å². The van der Waals surface area contributed by atoms with Crippen LogP contribution in [-0.2, 0) is 14.3 Å². The third-order valence-corrected chi connectivity index (χ3v) is 5.80. The minimum atomic E-state index is -1.09. The summed E-state index contributed by atoms with van der Waals surface area (Å²) in [5.41, 5.74) is 3.89. The smallest absolute Gasteiger partial charge is 0.351 e. The molecule has 2 heterocycles. The minimum absolute atomic E-state index is 0.108. The zero-order chi connectivity index (χ0) is 18.9. The maximum Gasteiger partial charge on any atom is 0.351 e. The molecule has 0 amide bonds. The Morgan fingerprint density at radius 3 is 2.77 bits per heavy atom. The summed E-state index contributed by atoms with van der Waals surface area (Å²) in [6.45, 7) is 3.37. The number of esters is 1. The highest BCUT2D eigenvalue weighted by Crippen LogP contribution is 2.45. The van der Waals surface area contributed by atoms with Gasteiger partial charge < -0.3 is 20.3 Å². The van der Waals surface area contributed by atoms with Crippen molar-refractivity contribution in [2.45, 2.75) is 63.9 Å². The van der Waals surface area contributed by atoms with E-state index in [-0.39, 0.29) is 30.2 Å². The Balaban J connectivity index is 1.91. The molecule has 3 rings (SSSR count). The first kappa shape index (κ1) is 18.8. The molecule has 8 nitrogen and oxygen atoms in total. The number of aliphatic hydroxyl groups is 1. The molecule has 0 spiro atoms. The summed E-state index contributed by atoms with van der Waals surface area (Å²) in [6.07, 6.45) is 4.88. The fraction of sp³-hybridized carbons (Fsp3) is 0.722. The van der Waals surface area contributed by atoms with E-state index >= 15 is 0 Å². The standard InChI is InChI=1S/C18H27N3O5/c1-11-13(10-22)25-16(21-9-8-14(19)20-17(21)24)18(11,2)26-15(23)12-6-4-3-5-7-12/h8-9,11-13,16,22H,3-7,10H2,1-2H3,(H2,19,20,24). The maximum atomic E-state index is 12.8. The number of rotatable bonds is 4. The lowest BCUT2D eigenvalue weighted by atomic mass is 9.86. The first-order valence-electron chi connectivity index (χ1n) is 9.20. The van der Waals surface area contributed by atoms with Gasteiger partial charge in [-0.05, 0) is 25.8 Å². The normalized spacial score (nSPS) is 32.5. The molecule has 0 radical (unpaired) electrons. The average Bonchev–Trinajstić information content (AvgIpc) is 2.87. The summed E-state index contributed by atoms with van der Waals surface area (Å²) < 4.78 is 13.1. The van der Waals surface area contributed by atoms with E-state index in [2.05, 4.69) is 4.98 Å². The molecular formula is C18H27N3O5. The number of nitrogens with two attached hydrogens (primary N) is 1. The molecule has 3 N–H and O–H groups in total. The number of hydrogen-bond acceptors (Lipinski definition) is 7. The summed E-state index contributed by atoms with van der Waals surface area (Å²) in [5.74, 6) is -0.572. The van der Waals surface area contributed by atoms with Crippen LogP contribution in [0.4, 0.5) is 5.82 Å². The van der Waals surface area contributed by atoms with E-state index < -0.39 is 23.6 Å². The lowest BCUT2D eigenvalue weighted by Gasteiger charge is -2.35. The Kier molecular flexibility index (Phi) is 5.34. The van der Waals surface area contributed by atoms with Crippen molar-refractivity contribution in [1.82, 2.24) is 9.55 Å². The predicted octanol–water partition coefficient (Wildman–Crippen LogP) is 1.23. The van der Waals surface area contributed by atoms with Crippen molar-refractivity contribution in [3.8, 4) is 0 Å². The Hall–Kier alpha value is -1.93. The van der Waals surface area contributed by atoms with E-state index in [1.54, 1.807) is 6.92 Å². The largest absolute Gasteiger partial charge is 0.454 e. The van der Waals surface area contributed by atoms with Crippen LogP contribution in [0.1, 0.15) is 52.2 Å². The zero-order valence-corrected chi connectivity index (χ0v) is 15.3. The summed E-state index contributed by atoms with van der Waals surface area (Å²) in [7, 11) is 0. The quantitative estimate of drug-likeness (QED) is 0.771. The number of carbonyl (C=O) groups excluding carboxylic acids is 1. The second-order valence-electron chi connectivity index (χ2n) is 7.48. The van der Waals surface area contributed by atoms with Gasteiger partial charge in [-0.3, -0.25) is 9.36 Å². The molecule has 2 aliphatic rings. The highest BCUT2D eigenvalue weighted by atomic mass is 16.6. The van der Waals surface area contributed by atoms with Gasteiger partial charge in [-0.25, -0.2) is 4.79 Å². The minimum Gasteiger partial charge on any atom is -0.454 e. The molecule has 0 bridgehead atoms. The molecule has 4 unspecified atom stereocenters. The fourth-order valence-electron chi connectivity index (χ4n) is 3.94. The van der Waals surface area contributed by atoms with E-state index in [1.165, 1.54) is 16.8 Å². The van der Waals surface area contributed by atoms with Crippen LogP contribution in [0.15, 0.2) is 17.1 Å². The molecule has 1 aromatic rings. The van der Waals surface area contributed by atoms with Crippen LogP contribution in [0.2, 0.25) is 0 Å². The van der Waals surface area contributed by atoms with Crippen molar-refractivity contribution in [2.24, 2.45) is 11.8 Å². The highest BCUT2D eigenvalue weighted by Gasteiger charge is 2.55. The van der Waals surface area contributed by atoms with Crippen molar-refractivity contribution in [1.29, 1.82) is 0 Å². The van der Waals surface area contributed by atoms with E-state index in [0.717, 1.165) is 32.1 Å². The number of carbonyl (C=O) groups is 1. The van der Waals surface area contributed by atoms with E-state index in [0.29, 0.717) is 0 Å². The van der Waals surface area contributed by atoms with Crippen molar-refractivity contribution in [2.75, 3.05) is 12.3 Å². The first-order valence-corrected chi connectivity index (χ1v) is 9.20. The number of anilines is 1. The first-order chi connectivity index (χ1) is 12.4. The summed E-state index contributed by atoms with van der Waals surface area (Å²) in [4.78, 5) is 28.8. The lowest BCUT2D eigenvalue weighted by molar-refractivity contribution is -0.180. The van der Waals surface area contributed by atoms with Crippen LogP contribution in [0.3, 0.4) is 0 Å².